The predicted molar refractivity (Wildman–Crippen MR) is 95.6 cm³/mol. The number of para-hydroxylation sites is 1. The molecule has 0 aromatic heterocycles. The highest BCUT2D eigenvalue weighted by Gasteiger charge is 2.39. The molecule has 0 aliphatic carbocycles. The zero-order valence-electron chi connectivity index (χ0n) is 13.5. The van der Waals surface area contributed by atoms with Crippen LogP contribution in [-0.4, -0.2) is 24.4 Å². The second-order valence-corrected chi connectivity index (χ2v) is 6.06. The number of rotatable bonds is 3. The van der Waals surface area contributed by atoms with Crippen molar-refractivity contribution in [3.63, 3.8) is 0 Å². The molecule has 7 heteroatoms. The van der Waals surface area contributed by atoms with E-state index in [1.54, 1.807) is 55.5 Å². The molecule has 1 atom stereocenters. The average molecular weight is 358 g/mol. The zero-order valence-corrected chi connectivity index (χ0v) is 14.2. The summed E-state index contributed by atoms with van der Waals surface area (Å²) in [4.78, 5) is 38.3. The maximum absolute atomic E-state index is 12.7. The lowest BCUT2D eigenvalue weighted by Gasteiger charge is -2.30. The van der Waals surface area contributed by atoms with Crippen LogP contribution in [-0.2, 0) is 9.59 Å². The van der Waals surface area contributed by atoms with Gasteiger partial charge < -0.3 is 10.6 Å². The van der Waals surface area contributed by atoms with Crippen LogP contribution in [0.25, 0.3) is 0 Å². The predicted octanol–water partition coefficient (Wildman–Crippen LogP) is 2.96. The van der Waals surface area contributed by atoms with E-state index in [1.165, 1.54) is 0 Å². The number of imide groups is 1. The Morgan fingerprint density at radius 3 is 2.60 bits per heavy atom. The molecule has 0 radical (unpaired) electrons. The van der Waals surface area contributed by atoms with Gasteiger partial charge in [0.1, 0.15) is 5.92 Å². The van der Waals surface area contributed by atoms with Crippen LogP contribution in [0.4, 0.5) is 16.2 Å². The second kappa shape index (κ2) is 6.94. The molecule has 1 unspecified atom stereocenters. The summed E-state index contributed by atoms with van der Waals surface area (Å²) >= 11 is 6.05. The lowest BCUT2D eigenvalue weighted by Crippen LogP contribution is -2.58. The average Bonchev–Trinajstić information content (AvgIpc) is 2.60. The first-order valence-electron chi connectivity index (χ1n) is 7.72. The highest BCUT2D eigenvalue weighted by Crippen LogP contribution is 2.25. The lowest BCUT2D eigenvalue weighted by atomic mass is 10.0. The number of halogens is 1. The van der Waals surface area contributed by atoms with Crippen molar-refractivity contribution in [2.24, 2.45) is 5.92 Å². The maximum Gasteiger partial charge on any atom is 0.328 e. The van der Waals surface area contributed by atoms with Crippen LogP contribution in [0.3, 0.4) is 0 Å². The molecular formula is C18H16ClN3O3. The fraction of sp³-hybridized carbons (Fsp3) is 0.167. The number of amides is 4. The normalized spacial score (nSPS) is 17.2. The third kappa shape index (κ3) is 3.34. The molecule has 0 spiro atoms. The van der Waals surface area contributed by atoms with Gasteiger partial charge in [-0.2, -0.15) is 0 Å². The van der Waals surface area contributed by atoms with Crippen LogP contribution in [0.1, 0.15) is 5.56 Å². The molecule has 25 heavy (non-hydrogen) atoms. The molecule has 4 amide bonds. The number of nitrogens with one attached hydrogen (secondary N) is 2. The number of carbonyl (C=O) groups excluding carboxylic acids is 3. The number of hydrogen-bond acceptors (Lipinski definition) is 3. The quantitative estimate of drug-likeness (QED) is 0.829. The van der Waals surface area contributed by atoms with E-state index < -0.39 is 23.8 Å². The molecule has 2 aromatic rings. The summed E-state index contributed by atoms with van der Waals surface area (Å²) in [6.45, 7) is 1.73. The first-order valence-corrected chi connectivity index (χ1v) is 8.09. The van der Waals surface area contributed by atoms with Gasteiger partial charge in [-0.15, -0.1) is 0 Å². The second-order valence-electron chi connectivity index (χ2n) is 5.65. The molecule has 2 N–H and O–H groups in total. The number of carbonyl (C=O) groups is 3. The summed E-state index contributed by atoms with van der Waals surface area (Å²) < 4.78 is 0. The van der Waals surface area contributed by atoms with E-state index in [-0.39, 0.29) is 6.54 Å². The molecule has 1 fully saturated rings. The SMILES string of the molecule is Cc1c(Cl)cccc1NC(=O)C1CNC(=O)N(c2ccccc2)C1=O. The summed E-state index contributed by atoms with van der Waals surface area (Å²) in [7, 11) is 0. The summed E-state index contributed by atoms with van der Waals surface area (Å²) in [5.41, 5.74) is 1.67. The van der Waals surface area contributed by atoms with E-state index in [4.69, 9.17) is 11.6 Å². The van der Waals surface area contributed by atoms with Gasteiger partial charge in [0.15, 0.2) is 0 Å². The van der Waals surface area contributed by atoms with Crippen molar-refractivity contribution in [1.82, 2.24) is 5.32 Å². The van der Waals surface area contributed by atoms with Crippen LogP contribution in [0.2, 0.25) is 5.02 Å². The van der Waals surface area contributed by atoms with Crippen molar-refractivity contribution in [2.45, 2.75) is 6.92 Å². The highest BCUT2D eigenvalue weighted by atomic mass is 35.5. The molecule has 3 rings (SSSR count). The zero-order chi connectivity index (χ0) is 18.0. The molecule has 0 saturated carbocycles. The summed E-state index contributed by atoms with van der Waals surface area (Å²) in [5, 5.41) is 5.82. The molecule has 1 aliphatic rings. The van der Waals surface area contributed by atoms with Crippen LogP contribution in [0, 0.1) is 12.8 Å². The first kappa shape index (κ1) is 17.0. The Bertz CT molecular complexity index is 839. The van der Waals surface area contributed by atoms with E-state index in [2.05, 4.69) is 10.6 Å². The van der Waals surface area contributed by atoms with E-state index in [9.17, 15) is 14.4 Å². The van der Waals surface area contributed by atoms with Crippen LogP contribution in [0.5, 0.6) is 0 Å². The Balaban J connectivity index is 1.82. The topological polar surface area (TPSA) is 78.5 Å². The minimum atomic E-state index is -1.02. The van der Waals surface area contributed by atoms with Crippen molar-refractivity contribution in [3.8, 4) is 0 Å². The molecule has 2 aromatic carbocycles. The molecule has 0 bridgehead atoms. The highest BCUT2D eigenvalue weighted by molar-refractivity contribution is 6.32. The summed E-state index contributed by atoms with van der Waals surface area (Å²) in [5.74, 6) is -2.07. The number of urea groups is 1. The van der Waals surface area contributed by atoms with Gasteiger partial charge in [-0.3, -0.25) is 9.59 Å². The fourth-order valence-corrected chi connectivity index (χ4v) is 2.78. The van der Waals surface area contributed by atoms with Gasteiger partial charge in [0, 0.05) is 17.3 Å². The van der Waals surface area contributed by atoms with E-state index in [0.717, 1.165) is 4.90 Å². The Morgan fingerprint density at radius 1 is 1.16 bits per heavy atom. The van der Waals surface area contributed by atoms with Crippen molar-refractivity contribution in [1.29, 1.82) is 0 Å². The minimum absolute atomic E-state index is 0.0492. The van der Waals surface area contributed by atoms with Crippen molar-refractivity contribution in [3.05, 3.63) is 59.1 Å². The van der Waals surface area contributed by atoms with Gasteiger partial charge in [0.25, 0.3) is 0 Å². The Hall–Kier alpha value is -2.86. The van der Waals surface area contributed by atoms with Gasteiger partial charge in [-0.25, -0.2) is 9.69 Å². The number of hydrogen-bond donors (Lipinski definition) is 2. The molecular weight excluding hydrogens is 342 g/mol. The van der Waals surface area contributed by atoms with Gasteiger partial charge >= 0.3 is 6.03 Å². The minimum Gasteiger partial charge on any atom is -0.336 e. The Kier molecular flexibility index (Phi) is 4.72. The standard InChI is InChI=1S/C18H16ClN3O3/c1-11-14(19)8-5-9-15(11)21-16(23)13-10-20-18(25)22(17(13)24)12-6-3-2-4-7-12/h2-9,13H,10H2,1H3,(H,20,25)(H,21,23). The van der Waals surface area contributed by atoms with Crippen LogP contribution < -0.4 is 15.5 Å². The van der Waals surface area contributed by atoms with E-state index in [1.807, 2.05) is 0 Å². The third-order valence-corrected chi connectivity index (χ3v) is 4.44. The largest absolute Gasteiger partial charge is 0.336 e. The van der Waals surface area contributed by atoms with E-state index >= 15 is 0 Å². The Labute approximate surface area is 149 Å². The third-order valence-electron chi connectivity index (χ3n) is 4.04. The molecule has 1 heterocycles. The number of benzene rings is 2. The fourth-order valence-electron chi connectivity index (χ4n) is 2.60. The van der Waals surface area contributed by atoms with Gasteiger partial charge in [0.2, 0.25) is 11.8 Å². The number of anilines is 2. The summed E-state index contributed by atoms with van der Waals surface area (Å²) in [6.07, 6.45) is 0. The molecule has 1 saturated heterocycles. The Morgan fingerprint density at radius 2 is 1.88 bits per heavy atom. The van der Waals surface area contributed by atoms with Crippen molar-refractivity contribution >= 4 is 40.8 Å². The van der Waals surface area contributed by atoms with Crippen LogP contribution in [0.15, 0.2) is 48.5 Å². The van der Waals surface area contributed by atoms with Crippen molar-refractivity contribution in [2.75, 3.05) is 16.8 Å². The van der Waals surface area contributed by atoms with Crippen molar-refractivity contribution < 1.29 is 14.4 Å². The monoisotopic (exact) mass is 357 g/mol. The van der Waals surface area contributed by atoms with Gasteiger partial charge in [0.05, 0.1) is 5.69 Å². The van der Waals surface area contributed by atoms with Gasteiger partial charge in [-0.05, 0) is 36.8 Å². The van der Waals surface area contributed by atoms with Crippen LogP contribution >= 0.6 is 11.6 Å². The number of nitrogens with zero attached hydrogens (tertiary/aromatic N) is 1. The van der Waals surface area contributed by atoms with E-state index in [0.29, 0.717) is 22.0 Å². The molecule has 1 aliphatic heterocycles. The maximum atomic E-state index is 12.7. The smallest absolute Gasteiger partial charge is 0.328 e. The van der Waals surface area contributed by atoms with Gasteiger partial charge in [-0.1, -0.05) is 35.9 Å². The summed E-state index contributed by atoms with van der Waals surface area (Å²) in [6, 6.07) is 13.1. The first-order chi connectivity index (χ1) is 12.0. The molecule has 128 valence electrons. The molecule has 6 nitrogen and oxygen atoms in total. The lowest BCUT2D eigenvalue weighted by molar-refractivity contribution is -0.130.